The molecule has 0 saturated heterocycles. The molecule has 0 atom stereocenters. The fraction of sp³-hybridized carbons (Fsp3) is 0.462. The molecule has 0 bridgehead atoms. The molecule has 5 heteroatoms. The van der Waals surface area contributed by atoms with Gasteiger partial charge in [0.25, 0.3) is 0 Å². The predicted molar refractivity (Wildman–Crippen MR) is 68.4 cm³/mol. The first kappa shape index (κ1) is 13.3. The van der Waals surface area contributed by atoms with Crippen LogP contribution in [0.1, 0.15) is 31.2 Å². The molecular weight excluding hydrogens is 303 g/mol. The molecule has 1 aliphatic carbocycles. The van der Waals surface area contributed by atoms with Crippen molar-refractivity contribution in [1.29, 1.82) is 0 Å². The molecule has 0 aromatic heterocycles. The van der Waals surface area contributed by atoms with Crippen molar-refractivity contribution in [3.8, 4) is 5.75 Å². The third-order valence-corrected chi connectivity index (χ3v) is 4.24. The number of rotatable bonds is 3. The standard InChI is InChI=1S/C13H14BrFO3/c1-18-11-7-10(15)8(6-9(11)14)13(12(16)17)4-2-3-5-13/h6-7H,2-5H2,1H3,(H,16,17). The summed E-state index contributed by atoms with van der Waals surface area (Å²) in [5.41, 5.74) is -0.834. The Hall–Kier alpha value is -1.10. The minimum atomic E-state index is -1.08. The van der Waals surface area contributed by atoms with Gasteiger partial charge in [0.2, 0.25) is 0 Å². The molecule has 18 heavy (non-hydrogen) atoms. The first-order valence-corrected chi connectivity index (χ1v) is 6.57. The van der Waals surface area contributed by atoms with Crippen molar-refractivity contribution in [1.82, 2.24) is 0 Å². The lowest BCUT2D eigenvalue weighted by molar-refractivity contribution is -0.143. The van der Waals surface area contributed by atoms with Gasteiger partial charge in [-0.25, -0.2) is 4.39 Å². The van der Waals surface area contributed by atoms with Gasteiger partial charge in [0.15, 0.2) is 0 Å². The number of aliphatic carboxylic acids is 1. The number of carbonyl (C=O) groups is 1. The van der Waals surface area contributed by atoms with Crippen molar-refractivity contribution in [3.05, 3.63) is 28.0 Å². The Kier molecular flexibility index (Phi) is 3.61. The van der Waals surface area contributed by atoms with E-state index in [2.05, 4.69) is 15.9 Å². The van der Waals surface area contributed by atoms with E-state index in [1.54, 1.807) is 0 Å². The smallest absolute Gasteiger partial charge is 0.314 e. The monoisotopic (exact) mass is 316 g/mol. The van der Waals surface area contributed by atoms with Crippen LogP contribution in [0.3, 0.4) is 0 Å². The van der Waals surface area contributed by atoms with Crippen LogP contribution < -0.4 is 4.74 Å². The fourth-order valence-corrected chi connectivity index (χ4v) is 3.13. The average Bonchev–Trinajstić information content (AvgIpc) is 2.82. The third kappa shape index (κ3) is 2.00. The van der Waals surface area contributed by atoms with Crippen LogP contribution in [0.25, 0.3) is 0 Å². The second-order valence-electron chi connectivity index (χ2n) is 4.56. The van der Waals surface area contributed by atoms with E-state index in [9.17, 15) is 14.3 Å². The van der Waals surface area contributed by atoms with E-state index in [4.69, 9.17) is 4.74 Å². The van der Waals surface area contributed by atoms with Crippen LogP contribution in [0, 0.1) is 5.82 Å². The number of carboxylic acids is 1. The van der Waals surface area contributed by atoms with Crippen LogP contribution in [-0.4, -0.2) is 18.2 Å². The molecule has 1 saturated carbocycles. The molecule has 0 spiro atoms. The van der Waals surface area contributed by atoms with E-state index in [0.29, 0.717) is 23.1 Å². The van der Waals surface area contributed by atoms with Gasteiger partial charge in [-0.3, -0.25) is 4.79 Å². The summed E-state index contributed by atoms with van der Waals surface area (Å²) in [7, 11) is 1.45. The van der Waals surface area contributed by atoms with Gasteiger partial charge in [-0.2, -0.15) is 0 Å². The Morgan fingerprint density at radius 3 is 2.56 bits per heavy atom. The lowest BCUT2D eigenvalue weighted by Crippen LogP contribution is -2.33. The molecule has 1 aromatic rings. The van der Waals surface area contributed by atoms with E-state index in [1.807, 2.05) is 0 Å². The summed E-state index contributed by atoms with van der Waals surface area (Å²) in [4.78, 5) is 11.5. The maximum Gasteiger partial charge on any atom is 0.314 e. The number of benzene rings is 1. The zero-order valence-corrected chi connectivity index (χ0v) is 11.6. The van der Waals surface area contributed by atoms with Crippen molar-refractivity contribution >= 4 is 21.9 Å². The number of hydrogen-bond donors (Lipinski definition) is 1. The van der Waals surface area contributed by atoms with Gasteiger partial charge < -0.3 is 9.84 Å². The minimum Gasteiger partial charge on any atom is -0.495 e. The van der Waals surface area contributed by atoms with Crippen LogP contribution in [0.4, 0.5) is 4.39 Å². The Labute approximate surface area is 113 Å². The Bertz CT molecular complexity index is 481. The average molecular weight is 317 g/mol. The van der Waals surface area contributed by atoms with E-state index in [1.165, 1.54) is 19.2 Å². The zero-order valence-electron chi connectivity index (χ0n) is 10.0. The molecule has 3 nitrogen and oxygen atoms in total. The van der Waals surface area contributed by atoms with Crippen LogP contribution in [0.5, 0.6) is 5.75 Å². The van der Waals surface area contributed by atoms with E-state index in [-0.39, 0.29) is 5.56 Å². The number of hydrogen-bond acceptors (Lipinski definition) is 2. The molecule has 1 aromatic carbocycles. The maximum atomic E-state index is 14.1. The molecule has 2 rings (SSSR count). The summed E-state index contributed by atoms with van der Waals surface area (Å²) in [5, 5.41) is 9.45. The zero-order chi connectivity index (χ0) is 13.3. The summed E-state index contributed by atoms with van der Waals surface area (Å²) in [6, 6.07) is 2.77. The molecule has 1 aliphatic rings. The highest BCUT2D eigenvalue weighted by molar-refractivity contribution is 9.10. The summed E-state index contributed by atoms with van der Waals surface area (Å²) in [6.07, 6.45) is 2.60. The van der Waals surface area contributed by atoms with Gasteiger partial charge in [0.1, 0.15) is 11.6 Å². The van der Waals surface area contributed by atoms with Crippen molar-refractivity contribution in [2.45, 2.75) is 31.1 Å². The topological polar surface area (TPSA) is 46.5 Å². The fourth-order valence-electron chi connectivity index (χ4n) is 2.63. The summed E-state index contributed by atoms with van der Waals surface area (Å²) >= 11 is 3.28. The van der Waals surface area contributed by atoms with Gasteiger partial charge in [0, 0.05) is 11.6 Å². The minimum absolute atomic E-state index is 0.250. The highest BCUT2D eigenvalue weighted by Gasteiger charge is 2.45. The first-order valence-electron chi connectivity index (χ1n) is 5.78. The van der Waals surface area contributed by atoms with Gasteiger partial charge in [0.05, 0.1) is 17.0 Å². The Morgan fingerprint density at radius 2 is 2.06 bits per heavy atom. The van der Waals surface area contributed by atoms with Crippen LogP contribution >= 0.6 is 15.9 Å². The summed E-state index contributed by atoms with van der Waals surface area (Å²) < 4.78 is 19.7. The van der Waals surface area contributed by atoms with Crippen LogP contribution in [0.2, 0.25) is 0 Å². The SMILES string of the molecule is COc1cc(F)c(C2(C(=O)O)CCCC2)cc1Br. The molecule has 0 amide bonds. The van der Waals surface area contributed by atoms with Crippen molar-refractivity contribution < 1.29 is 19.0 Å². The number of ether oxygens (including phenoxy) is 1. The molecule has 0 aliphatic heterocycles. The van der Waals surface area contributed by atoms with Gasteiger partial charge in [-0.1, -0.05) is 12.8 Å². The Balaban J connectivity index is 2.56. The molecule has 0 unspecified atom stereocenters. The van der Waals surface area contributed by atoms with Crippen LogP contribution in [-0.2, 0) is 10.2 Å². The summed E-state index contributed by atoms with van der Waals surface area (Å²) in [5.74, 6) is -1.09. The lowest BCUT2D eigenvalue weighted by Gasteiger charge is -2.25. The quantitative estimate of drug-likeness (QED) is 0.928. The van der Waals surface area contributed by atoms with Gasteiger partial charge in [-0.15, -0.1) is 0 Å². The second-order valence-corrected chi connectivity index (χ2v) is 5.42. The van der Waals surface area contributed by atoms with Gasteiger partial charge >= 0.3 is 5.97 Å². The second kappa shape index (κ2) is 4.88. The maximum absolute atomic E-state index is 14.1. The van der Waals surface area contributed by atoms with Crippen molar-refractivity contribution in [2.75, 3.05) is 7.11 Å². The molecule has 98 valence electrons. The lowest BCUT2D eigenvalue weighted by atomic mass is 9.78. The van der Waals surface area contributed by atoms with Gasteiger partial charge in [-0.05, 0) is 34.8 Å². The molecular formula is C13H14BrFO3. The highest BCUT2D eigenvalue weighted by Crippen LogP contribution is 2.44. The van der Waals surface area contributed by atoms with Crippen molar-refractivity contribution in [2.24, 2.45) is 0 Å². The molecule has 1 N–H and O–H groups in total. The van der Waals surface area contributed by atoms with E-state index < -0.39 is 17.2 Å². The van der Waals surface area contributed by atoms with Crippen molar-refractivity contribution in [3.63, 3.8) is 0 Å². The highest BCUT2D eigenvalue weighted by atomic mass is 79.9. The molecule has 1 fully saturated rings. The molecule has 0 heterocycles. The summed E-state index contributed by atoms with van der Waals surface area (Å²) in [6.45, 7) is 0. The Morgan fingerprint density at radius 1 is 1.44 bits per heavy atom. The number of halogens is 2. The largest absolute Gasteiger partial charge is 0.495 e. The van der Waals surface area contributed by atoms with E-state index >= 15 is 0 Å². The third-order valence-electron chi connectivity index (χ3n) is 3.62. The number of carboxylic acid groups (broad SMARTS) is 1. The van der Waals surface area contributed by atoms with E-state index in [0.717, 1.165) is 12.8 Å². The number of methoxy groups -OCH3 is 1. The van der Waals surface area contributed by atoms with Crippen LogP contribution in [0.15, 0.2) is 16.6 Å². The normalized spacial score (nSPS) is 17.7. The molecule has 0 radical (unpaired) electrons. The predicted octanol–water partition coefficient (Wildman–Crippen LogP) is 3.49. The first-order chi connectivity index (χ1) is 8.51.